The average Bonchev–Trinajstić information content (AvgIpc) is 3.20. The number of halogens is 1. The number of amides is 1. The van der Waals surface area contributed by atoms with E-state index in [9.17, 15) is 14.0 Å². The number of hydrogen-bond donors (Lipinski definition) is 2. The highest BCUT2D eigenvalue weighted by Crippen LogP contribution is 2.41. The van der Waals surface area contributed by atoms with Crippen LogP contribution in [0.4, 0.5) is 4.39 Å². The number of fused-ring (bicyclic) bond motifs is 1. The van der Waals surface area contributed by atoms with E-state index in [2.05, 4.69) is 5.32 Å². The molecule has 1 aromatic carbocycles. The van der Waals surface area contributed by atoms with Gasteiger partial charge in [-0.25, -0.2) is 4.39 Å². The summed E-state index contributed by atoms with van der Waals surface area (Å²) < 4.78 is 13.7. The van der Waals surface area contributed by atoms with Gasteiger partial charge >= 0.3 is 5.97 Å². The maximum atomic E-state index is 13.7. The average molecular weight is 295 g/mol. The molecule has 0 radical (unpaired) electrons. The Morgan fingerprint density at radius 1 is 1.35 bits per heavy atom. The van der Waals surface area contributed by atoms with Crippen molar-refractivity contribution in [3.05, 3.63) is 29.6 Å². The van der Waals surface area contributed by atoms with Gasteiger partial charge in [-0.1, -0.05) is 12.1 Å². The van der Waals surface area contributed by atoms with Crippen LogP contribution in [0.5, 0.6) is 0 Å². The second-order valence-corrected chi connectivity index (χ2v) is 6.25. The van der Waals surface area contributed by atoms with Crippen molar-refractivity contribution in [2.75, 3.05) is 5.75 Å². The van der Waals surface area contributed by atoms with Gasteiger partial charge in [0.2, 0.25) is 5.91 Å². The molecule has 0 spiro atoms. The molecule has 0 unspecified atom stereocenters. The molecule has 2 aliphatic rings. The van der Waals surface area contributed by atoms with Crippen molar-refractivity contribution >= 4 is 23.6 Å². The van der Waals surface area contributed by atoms with Crippen molar-refractivity contribution in [2.45, 2.75) is 23.8 Å². The Balaban J connectivity index is 1.73. The van der Waals surface area contributed by atoms with Crippen molar-refractivity contribution in [3.63, 3.8) is 0 Å². The maximum Gasteiger partial charge on any atom is 0.307 e. The fraction of sp³-hybridized carbons (Fsp3) is 0.429. The Hall–Kier alpha value is -1.56. The molecule has 1 aliphatic carbocycles. The molecule has 1 aromatic rings. The fourth-order valence-corrected chi connectivity index (χ4v) is 3.71. The summed E-state index contributed by atoms with van der Waals surface area (Å²) in [6.45, 7) is 0. The first-order chi connectivity index (χ1) is 9.58. The van der Waals surface area contributed by atoms with E-state index in [1.54, 1.807) is 6.07 Å². The minimum Gasteiger partial charge on any atom is -0.481 e. The number of thioether (sulfide) groups is 1. The zero-order valence-corrected chi connectivity index (χ0v) is 11.5. The molecule has 1 saturated carbocycles. The van der Waals surface area contributed by atoms with Crippen LogP contribution in [0.1, 0.15) is 24.4 Å². The molecule has 0 saturated heterocycles. The van der Waals surface area contributed by atoms with E-state index in [1.807, 2.05) is 6.07 Å². The monoisotopic (exact) mass is 295 g/mol. The summed E-state index contributed by atoms with van der Waals surface area (Å²) in [6.07, 6.45) is 1.13. The molecule has 2 N–H and O–H groups in total. The lowest BCUT2D eigenvalue weighted by atomic mass is 10.0. The van der Waals surface area contributed by atoms with Gasteiger partial charge in [-0.2, -0.15) is 0 Å². The van der Waals surface area contributed by atoms with Crippen molar-refractivity contribution < 1.29 is 19.1 Å². The Labute approximate surface area is 119 Å². The van der Waals surface area contributed by atoms with Crippen LogP contribution >= 0.6 is 11.8 Å². The van der Waals surface area contributed by atoms with Crippen LogP contribution in [0.15, 0.2) is 23.1 Å². The van der Waals surface area contributed by atoms with Crippen LogP contribution in [0.25, 0.3) is 0 Å². The summed E-state index contributed by atoms with van der Waals surface area (Å²) in [5, 5.41) is 11.7. The molecule has 3 atom stereocenters. The molecule has 1 heterocycles. The molecule has 0 bridgehead atoms. The summed E-state index contributed by atoms with van der Waals surface area (Å²) in [4.78, 5) is 23.4. The Morgan fingerprint density at radius 3 is 2.85 bits per heavy atom. The molecule has 20 heavy (non-hydrogen) atoms. The highest BCUT2D eigenvalue weighted by Gasteiger charge is 2.48. The molecule has 3 rings (SSSR count). The number of rotatable bonds is 3. The number of nitrogens with one attached hydrogen (secondary N) is 1. The van der Waals surface area contributed by atoms with Gasteiger partial charge in [0.05, 0.1) is 17.9 Å². The number of carboxylic acid groups (broad SMARTS) is 1. The minimum atomic E-state index is -0.921. The Bertz CT molecular complexity index is 578. The lowest BCUT2D eigenvalue weighted by Gasteiger charge is -2.26. The van der Waals surface area contributed by atoms with Crippen LogP contribution in [-0.2, 0) is 9.59 Å². The Kier molecular flexibility index (Phi) is 3.41. The van der Waals surface area contributed by atoms with Crippen molar-refractivity contribution in [3.8, 4) is 0 Å². The Morgan fingerprint density at radius 2 is 2.15 bits per heavy atom. The normalized spacial score (nSPS) is 27.6. The molecule has 1 aliphatic heterocycles. The van der Waals surface area contributed by atoms with E-state index in [0.29, 0.717) is 11.3 Å². The van der Waals surface area contributed by atoms with Gasteiger partial charge in [0.15, 0.2) is 0 Å². The van der Waals surface area contributed by atoms with Crippen LogP contribution in [0.2, 0.25) is 0 Å². The maximum absolute atomic E-state index is 13.7. The molecule has 106 valence electrons. The van der Waals surface area contributed by atoms with Crippen molar-refractivity contribution in [1.82, 2.24) is 5.32 Å². The number of carbonyl (C=O) groups is 2. The quantitative estimate of drug-likeness (QED) is 0.897. The van der Waals surface area contributed by atoms with Gasteiger partial charge < -0.3 is 10.4 Å². The third kappa shape index (κ3) is 2.40. The smallest absolute Gasteiger partial charge is 0.307 e. The van der Waals surface area contributed by atoms with Gasteiger partial charge in [-0.3, -0.25) is 9.59 Å². The number of aliphatic carboxylic acids is 1. The summed E-state index contributed by atoms with van der Waals surface area (Å²) in [7, 11) is 0. The summed E-state index contributed by atoms with van der Waals surface area (Å²) in [5.74, 6) is -1.66. The lowest BCUT2D eigenvalue weighted by molar-refractivity contribution is -0.140. The van der Waals surface area contributed by atoms with Crippen LogP contribution in [-0.4, -0.2) is 22.7 Å². The number of carbonyl (C=O) groups excluding carboxylic acids is 1. The predicted octanol–water partition coefficient (Wildman–Crippen LogP) is 2.20. The van der Waals surface area contributed by atoms with E-state index in [1.165, 1.54) is 17.8 Å². The summed E-state index contributed by atoms with van der Waals surface area (Å²) in [5.41, 5.74) is 0.794. The highest BCUT2D eigenvalue weighted by molar-refractivity contribution is 7.99. The first-order valence-corrected chi connectivity index (χ1v) is 7.51. The van der Waals surface area contributed by atoms with Crippen molar-refractivity contribution in [2.24, 2.45) is 11.8 Å². The standard InChI is InChI=1S/C14H14FNO3S/c15-10-3-1-2-7-11(4-5-20-12(7)10)16-13(17)8-6-9(8)14(18)19/h1-3,8-9,11H,4-6H2,(H,16,17)(H,18,19)/t8-,9+,11+/m0/s1. The first kappa shape index (κ1) is 13.4. The second-order valence-electron chi connectivity index (χ2n) is 5.14. The highest BCUT2D eigenvalue weighted by atomic mass is 32.2. The van der Waals surface area contributed by atoms with E-state index < -0.39 is 17.8 Å². The lowest BCUT2D eigenvalue weighted by Crippen LogP contribution is -2.32. The zero-order chi connectivity index (χ0) is 14.3. The zero-order valence-electron chi connectivity index (χ0n) is 10.6. The summed E-state index contributed by atoms with van der Waals surface area (Å²) in [6, 6.07) is 4.65. The van der Waals surface area contributed by atoms with E-state index in [-0.39, 0.29) is 17.8 Å². The van der Waals surface area contributed by atoms with Crippen LogP contribution in [0, 0.1) is 17.7 Å². The number of benzene rings is 1. The van der Waals surface area contributed by atoms with Gasteiger partial charge in [-0.15, -0.1) is 11.8 Å². The molecule has 1 fully saturated rings. The van der Waals surface area contributed by atoms with Gasteiger partial charge in [-0.05, 0) is 24.5 Å². The second kappa shape index (κ2) is 5.09. The van der Waals surface area contributed by atoms with Crippen LogP contribution in [0.3, 0.4) is 0 Å². The third-order valence-electron chi connectivity index (χ3n) is 3.79. The van der Waals surface area contributed by atoms with Gasteiger partial charge in [0.25, 0.3) is 0 Å². The minimum absolute atomic E-state index is 0.218. The third-order valence-corrected chi connectivity index (χ3v) is 4.95. The van der Waals surface area contributed by atoms with Crippen molar-refractivity contribution in [1.29, 1.82) is 0 Å². The molecule has 1 amide bonds. The first-order valence-electron chi connectivity index (χ1n) is 6.52. The number of hydrogen-bond acceptors (Lipinski definition) is 3. The van der Waals surface area contributed by atoms with E-state index in [0.717, 1.165) is 17.7 Å². The SMILES string of the molecule is O=C(N[C@@H]1CCSc2c(F)cccc21)[C@H]1C[C@H]1C(=O)O. The van der Waals surface area contributed by atoms with Crippen LogP contribution < -0.4 is 5.32 Å². The predicted molar refractivity (Wildman–Crippen MR) is 71.9 cm³/mol. The molecule has 4 nitrogen and oxygen atoms in total. The van der Waals surface area contributed by atoms with E-state index in [4.69, 9.17) is 5.11 Å². The van der Waals surface area contributed by atoms with Gasteiger partial charge in [0.1, 0.15) is 5.82 Å². The summed E-state index contributed by atoms with van der Waals surface area (Å²) >= 11 is 1.46. The molecule has 0 aromatic heterocycles. The molecular formula is C14H14FNO3S. The molecule has 6 heteroatoms. The fourth-order valence-electron chi connectivity index (χ4n) is 2.57. The van der Waals surface area contributed by atoms with Gasteiger partial charge in [0, 0.05) is 10.6 Å². The topological polar surface area (TPSA) is 66.4 Å². The molecular weight excluding hydrogens is 281 g/mol. The largest absolute Gasteiger partial charge is 0.481 e. The van der Waals surface area contributed by atoms with E-state index >= 15 is 0 Å². The number of carboxylic acids is 1.